The summed E-state index contributed by atoms with van der Waals surface area (Å²) in [6.07, 6.45) is 3.47. The molecule has 4 N–H and O–H groups in total. The molecule has 1 aliphatic rings. The molecule has 1 rings (SSSR count). The number of nitrogens with one attached hydrogen (secondary N) is 2. The maximum Gasteiger partial charge on any atom is 0.315 e. The Morgan fingerprint density at radius 1 is 1.50 bits per heavy atom. The molecule has 0 aromatic rings. The molecule has 0 bridgehead atoms. The van der Waals surface area contributed by atoms with Crippen LogP contribution in [0.3, 0.4) is 0 Å². The van der Waals surface area contributed by atoms with E-state index >= 15 is 0 Å². The van der Waals surface area contributed by atoms with Crippen LogP contribution in [0.5, 0.6) is 0 Å². The van der Waals surface area contributed by atoms with E-state index in [1.165, 1.54) is 6.42 Å². The van der Waals surface area contributed by atoms with Gasteiger partial charge >= 0.3 is 6.03 Å². The minimum atomic E-state index is -0.401. The van der Waals surface area contributed by atoms with Crippen LogP contribution in [0.25, 0.3) is 0 Å². The predicted octanol–water partition coefficient (Wildman–Crippen LogP) is 0.102. The van der Waals surface area contributed by atoms with Crippen LogP contribution in [0.1, 0.15) is 32.6 Å². The Labute approximate surface area is 83.4 Å². The van der Waals surface area contributed by atoms with Gasteiger partial charge in [0.15, 0.2) is 0 Å². The number of nitrogens with two attached hydrogens (primary N) is 1. The van der Waals surface area contributed by atoms with E-state index in [4.69, 9.17) is 5.73 Å². The molecule has 0 heterocycles. The van der Waals surface area contributed by atoms with Gasteiger partial charge in [-0.3, -0.25) is 4.79 Å². The standard InChI is InChI=1S/C9H17N3O2/c1-6(5-8(10)13)11-9(14)12-7-3-2-4-7/h6-7H,2-5H2,1H3,(H2,10,13)(H2,11,12,14). The van der Waals surface area contributed by atoms with Crippen molar-refractivity contribution in [3.63, 3.8) is 0 Å². The summed E-state index contributed by atoms with van der Waals surface area (Å²) >= 11 is 0. The van der Waals surface area contributed by atoms with Crippen molar-refractivity contribution in [3.05, 3.63) is 0 Å². The van der Waals surface area contributed by atoms with Crippen molar-refractivity contribution in [3.8, 4) is 0 Å². The van der Waals surface area contributed by atoms with Gasteiger partial charge in [-0.2, -0.15) is 0 Å². The maximum atomic E-state index is 11.3. The van der Waals surface area contributed by atoms with E-state index in [1.54, 1.807) is 6.92 Å². The molecule has 0 aromatic heterocycles. The fourth-order valence-corrected chi connectivity index (χ4v) is 1.36. The molecule has 80 valence electrons. The van der Waals surface area contributed by atoms with E-state index in [9.17, 15) is 9.59 Å². The summed E-state index contributed by atoms with van der Waals surface area (Å²) in [5.74, 6) is -0.401. The topological polar surface area (TPSA) is 84.2 Å². The second kappa shape index (κ2) is 4.83. The molecule has 5 heteroatoms. The normalized spacial score (nSPS) is 18.1. The third-order valence-corrected chi connectivity index (χ3v) is 2.33. The summed E-state index contributed by atoms with van der Waals surface area (Å²) in [4.78, 5) is 21.8. The molecule has 0 spiro atoms. The molecule has 1 aliphatic carbocycles. The first-order chi connectivity index (χ1) is 6.58. The van der Waals surface area contributed by atoms with Gasteiger partial charge in [0.2, 0.25) is 5.91 Å². The molecule has 0 saturated heterocycles. The molecule has 1 saturated carbocycles. The summed E-state index contributed by atoms with van der Waals surface area (Å²) < 4.78 is 0. The highest BCUT2D eigenvalue weighted by Crippen LogP contribution is 2.17. The second-order valence-electron chi connectivity index (χ2n) is 3.82. The van der Waals surface area contributed by atoms with E-state index in [-0.39, 0.29) is 18.5 Å². The molecule has 14 heavy (non-hydrogen) atoms. The van der Waals surface area contributed by atoms with Crippen molar-refractivity contribution in [2.75, 3.05) is 0 Å². The van der Waals surface area contributed by atoms with E-state index in [0.717, 1.165) is 12.8 Å². The molecule has 0 aliphatic heterocycles. The Balaban J connectivity index is 2.14. The number of urea groups is 1. The van der Waals surface area contributed by atoms with E-state index in [1.807, 2.05) is 0 Å². The van der Waals surface area contributed by atoms with Gasteiger partial charge in [-0.1, -0.05) is 0 Å². The Bertz CT molecular complexity index is 226. The van der Waals surface area contributed by atoms with Crippen LogP contribution < -0.4 is 16.4 Å². The Morgan fingerprint density at radius 3 is 2.57 bits per heavy atom. The first-order valence-corrected chi connectivity index (χ1v) is 4.93. The Kier molecular flexibility index (Phi) is 3.73. The highest BCUT2D eigenvalue weighted by molar-refractivity contribution is 5.77. The van der Waals surface area contributed by atoms with Gasteiger partial charge in [-0.05, 0) is 26.2 Å². The molecule has 0 aromatic carbocycles. The van der Waals surface area contributed by atoms with Crippen LogP contribution in [0.15, 0.2) is 0 Å². The SMILES string of the molecule is CC(CC(N)=O)NC(=O)NC1CCC1. The minimum absolute atomic E-state index is 0.179. The highest BCUT2D eigenvalue weighted by Gasteiger charge is 2.20. The zero-order valence-corrected chi connectivity index (χ0v) is 8.38. The summed E-state index contributed by atoms with van der Waals surface area (Å²) in [6, 6.07) is -0.0909. The monoisotopic (exact) mass is 199 g/mol. The lowest BCUT2D eigenvalue weighted by atomic mass is 9.93. The van der Waals surface area contributed by atoms with Crippen molar-refractivity contribution in [2.45, 2.75) is 44.7 Å². The third-order valence-electron chi connectivity index (χ3n) is 2.33. The zero-order chi connectivity index (χ0) is 10.6. The quantitative estimate of drug-likeness (QED) is 0.600. The summed E-state index contributed by atoms with van der Waals surface area (Å²) in [7, 11) is 0. The molecule has 5 nitrogen and oxygen atoms in total. The number of hydrogen-bond acceptors (Lipinski definition) is 2. The van der Waals surface area contributed by atoms with Gasteiger partial charge < -0.3 is 16.4 Å². The van der Waals surface area contributed by atoms with Crippen molar-refractivity contribution in [2.24, 2.45) is 5.73 Å². The fourth-order valence-electron chi connectivity index (χ4n) is 1.36. The molecule has 1 atom stereocenters. The lowest BCUT2D eigenvalue weighted by Gasteiger charge is -2.27. The second-order valence-corrected chi connectivity index (χ2v) is 3.82. The van der Waals surface area contributed by atoms with Crippen molar-refractivity contribution in [1.82, 2.24) is 10.6 Å². The summed E-state index contributed by atoms with van der Waals surface area (Å²) in [5.41, 5.74) is 5.00. The largest absolute Gasteiger partial charge is 0.370 e. The van der Waals surface area contributed by atoms with Crippen LogP contribution in [0, 0.1) is 0 Å². The van der Waals surface area contributed by atoms with Crippen molar-refractivity contribution in [1.29, 1.82) is 0 Å². The van der Waals surface area contributed by atoms with Gasteiger partial charge in [0.25, 0.3) is 0 Å². The Hall–Kier alpha value is -1.26. The lowest BCUT2D eigenvalue weighted by Crippen LogP contribution is -2.48. The molecule has 1 fully saturated rings. The van der Waals surface area contributed by atoms with E-state index in [2.05, 4.69) is 10.6 Å². The first-order valence-electron chi connectivity index (χ1n) is 4.93. The number of amides is 3. The lowest BCUT2D eigenvalue weighted by molar-refractivity contribution is -0.118. The van der Waals surface area contributed by atoms with E-state index < -0.39 is 5.91 Å². The highest BCUT2D eigenvalue weighted by atomic mass is 16.2. The Morgan fingerprint density at radius 2 is 2.14 bits per heavy atom. The molecular formula is C9H17N3O2. The van der Waals surface area contributed by atoms with Crippen molar-refractivity contribution >= 4 is 11.9 Å². The van der Waals surface area contributed by atoms with Crippen LogP contribution in [-0.2, 0) is 4.79 Å². The average molecular weight is 199 g/mol. The van der Waals surface area contributed by atoms with E-state index in [0.29, 0.717) is 6.04 Å². The number of hydrogen-bond donors (Lipinski definition) is 3. The van der Waals surface area contributed by atoms with Crippen LogP contribution in [0.4, 0.5) is 4.79 Å². The van der Waals surface area contributed by atoms with Gasteiger partial charge in [0.05, 0.1) is 0 Å². The zero-order valence-electron chi connectivity index (χ0n) is 8.38. The van der Waals surface area contributed by atoms with Crippen LogP contribution in [0.2, 0.25) is 0 Å². The number of carbonyl (C=O) groups excluding carboxylic acids is 2. The van der Waals surface area contributed by atoms with Gasteiger partial charge in [0, 0.05) is 18.5 Å². The maximum absolute atomic E-state index is 11.3. The number of primary amides is 1. The van der Waals surface area contributed by atoms with Crippen LogP contribution in [-0.4, -0.2) is 24.0 Å². The number of carbonyl (C=O) groups is 2. The summed E-state index contributed by atoms with van der Waals surface area (Å²) in [6.45, 7) is 1.76. The molecule has 0 radical (unpaired) electrons. The average Bonchev–Trinajstić information content (AvgIpc) is 1.94. The number of rotatable bonds is 4. The van der Waals surface area contributed by atoms with Gasteiger partial charge in [-0.15, -0.1) is 0 Å². The smallest absolute Gasteiger partial charge is 0.315 e. The molecule has 3 amide bonds. The summed E-state index contributed by atoms with van der Waals surface area (Å²) in [5, 5.41) is 5.48. The van der Waals surface area contributed by atoms with Gasteiger partial charge in [0.1, 0.15) is 0 Å². The fraction of sp³-hybridized carbons (Fsp3) is 0.778. The molecule has 1 unspecified atom stereocenters. The minimum Gasteiger partial charge on any atom is -0.370 e. The molecular weight excluding hydrogens is 182 g/mol. The van der Waals surface area contributed by atoms with Crippen molar-refractivity contribution < 1.29 is 9.59 Å². The predicted molar refractivity (Wildman–Crippen MR) is 52.6 cm³/mol. The first kappa shape index (κ1) is 10.8. The van der Waals surface area contributed by atoms with Crippen LogP contribution >= 0.6 is 0 Å². The third kappa shape index (κ3) is 3.64. The van der Waals surface area contributed by atoms with Gasteiger partial charge in [-0.25, -0.2) is 4.79 Å².